The quantitative estimate of drug-likeness (QED) is 0.627. The highest BCUT2D eigenvalue weighted by Gasteiger charge is 2.59. The number of ketones is 1. The van der Waals surface area contributed by atoms with Crippen LogP contribution >= 0.6 is 0 Å². The Morgan fingerprint density at radius 1 is 1.00 bits per heavy atom. The van der Waals surface area contributed by atoms with E-state index in [1.54, 1.807) is 0 Å². The van der Waals surface area contributed by atoms with Gasteiger partial charge in [-0.2, -0.15) is 0 Å². The second kappa shape index (κ2) is 2.34. The molecule has 0 aromatic rings. The van der Waals surface area contributed by atoms with Crippen LogP contribution in [0.2, 0.25) is 0 Å². The summed E-state index contributed by atoms with van der Waals surface area (Å²) in [5.74, 6) is 0.611. The third-order valence-corrected chi connectivity index (χ3v) is 4.02. The van der Waals surface area contributed by atoms with Crippen molar-refractivity contribution < 1.29 is 4.79 Å². The van der Waals surface area contributed by atoms with E-state index in [2.05, 4.69) is 13.8 Å². The van der Waals surface area contributed by atoms with Crippen molar-refractivity contribution in [2.24, 2.45) is 10.8 Å². The highest BCUT2D eigenvalue weighted by Crippen LogP contribution is 2.61. The first-order chi connectivity index (χ1) is 5.69. The molecule has 0 amide bonds. The normalized spacial score (nSPS) is 28.2. The lowest BCUT2D eigenvalue weighted by molar-refractivity contribution is -0.129. The van der Waals surface area contributed by atoms with Gasteiger partial charge in [0.1, 0.15) is 5.78 Å². The van der Waals surface area contributed by atoms with Crippen LogP contribution in [0.15, 0.2) is 0 Å². The molecule has 68 valence electrons. The first-order valence-corrected chi connectivity index (χ1v) is 5.24. The maximum Gasteiger partial charge on any atom is 0.145 e. The van der Waals surface area contributed by atoms with Crippen LogP contribution < -0.4 is 0 Å². The summed E-state index contributed by atoms with van der Waals surface area (Å²) in [6.07, 6.45) is 6.84. The monoisotopic (exact) mass is 166 g/mol. The lowest BCUT2D eigenvalue weighted by atomic mass is 9.84. The smallest absolute Gasteiger partial charge is 0.145 e. The highest BCUT2D eigenvalue weighted by molar-refractivity contribution is 5.94. The summed E-state index contributed by atoms with van der Waals surface area (Å²) in [7, 11) is 0. The fourth-order valence-corrected chi connectivity index (χ4v) is 2.35. The van der Waals surface area contributed by atoms with Crippen LogP contribution in [0.25, 0.3) is 0 Å². The Labute approximate surface area is 74.5 Å². The van der Waals surface area contributed by atoms with Crippen LogP contribution in [0.3, 0.4) is 0 Å². The molecule has 0 aromatic carbocycles. The Hall–Kier alpha value is -0.330. The zero-order valence-electron chi connectivity index (χ0n) is 8.15. The van der Waals surface area contributed by atoms with Gasteiger partial charge in [0, 0.05) is 10.8 Å². The summed E-state index contributed by atoms with van der Waals surface area (Å²) < 4.78 is 0. The molecule has 0 aromatic heterocycles. The number of carbonyl (C=O) groups is 1. The van der Waals surface area contributed by atoms with Gasteiger partial charge in [-0.05, 0) is 38.5 Å². The SMILES string of the molecule is CCC1(C(=O)C2(CC)CC2)CC1. The van der Waals surface area contributed by atoms with Gasteiger partial charge in [0.05, 0.1) is 0 Å². The Morgan fingerprint density at radius 2 is 1.33 bits per heavy atom. The summed E-state index contributed by atoms with van der Waals surface area (Å²) in [6.45, 7) is 4.33. The first-order valence-electron chi connectivity index (χ1n) is 5.24. The molecule has 0 atom stereocenters. The summed E-state index contributed by atoms with van der Waals surface area (Å²) in [5, 5.41) is 0. The van der Waals surface area contributed by atoms with Gasteiger partial charge in [-0.3, -0.25) is 4.79 Å². The van der Waals surface area contributed by atoms with Gasteiger partial charge in [-0.15, -0.1) is 0 Å². The van der Waals surface area contributed by atoms with E-state index >= 15 is 0 Å². The summed E-state index contributed by atoms with van der Waals surface area (Å²) >= 11 is 0. The van der Waals surface area contributed by atoms with E-state index in [-0.39, 0.29) is 10.8 Å². The fourth-order valence-electron chi connectivity index (χ4n) is 2.35. The van der Waals surface area contributed by atoms with Crippen molar-refractivity contribution >= 4 is 5.78 Å². The van der Waals surface area contributed by atoms with Crippen LogP contribution in [-0.4, -0.2) is 5.78 Å². The van der Waals surface area contributed by atoms with Gasteiger partial charge in [-0.25, -0.2) is 0 Å². The van der Waals surface area contributed by atoms with Gasteiger partial charge in [0.15, 0.2) is 0 Å². The van der Waals surface area contributed by atoms with Crippen molar-refractivity contribution in [1.29, 1.82) is 0 Å². The number of Topliss-reactive ketones (excluding diaryl/α,β-unsaturated/α-hetero) is 1. The number of carbonyl (C=O) groups excluding carboxylic acids is 1. The molecule has 1 nitrogen and oxygen atoms in total. The third-order valence-electron chi connectivity index (χ3n) is 4.02. The van der Waals surface area contributed by atoms with Crippen LogP contribution in [0.4, 0.5) is 0 Å². The Morgan fingerprint density at radius 3 is 1.50 bits per heavy atom. The van der Waals surface area contributed by atoms with Crippen molar-refractivity contribution in [2.75, 3.05) is 0 Å². The standard InChI is InChI=1S/C11H18O/c1-3-10(5-6-10)9(12)11(4-2)7-8-11/h3-8H2,1-2H3. The lowest BCUT2D eigenvalue weighted by Gasteiger charge is -2.18. The molecule has 2 saturated carbocycles. The minimum absolute atomic E-state index is 0.159. The first kappa shape index (κ1) is 8.28. The molecule has 0 radical (unpaired) electrons. The molecule has 0 saturated heterocycles. The van der Waals surface area contributed by atoms with E-state index in [0.29, 0.717) is 5.78 Å². The average Bonchev–Trinajstić information content (AvgIpc) is 3.00. The van der Waals surface area contributed by atoms with Crippen LogP contribution in [-0.2, 0) is 4.79 Å². The fraction of sp³-hybridized carbons (Fsp3) is 0.909. The largest absolute Gasteiger partial charge is 0.298 e. The lowest BCUT2D eigenvalue weighted by Crippen LogP contribution is -2.25. The van der Waals surface area contributed by atoms with Gasteiger partial charge < -0.3 is 0 Å². The molecule has 0 N–H and O–H groups in total. The highest BCUT2D eigenvalue weighted by atomic mass is 16.1. The molecule has 2 rings (SSSR count). The molecule has 2 aliphatic carbocycles. The summed E-state index contributed by atoms with van der Waals surface area (Å²) in [6, 6.07) is 0. The molecular formula is C11H18O. The van der Waals surface area contributed by atoms with E-state index in [0.717, 1.165) is 12.8 Å². The number of rotatable bonds is 4. The van der Waals surface area contributed by atoms with E-state index in [1.165, 1.54) is 25.7 Å². The molecule has 0 unspecified atom stereocenters. The third kappa shape index (κ3) is 0.949. The summed E-state index contributed by atoms with van der Waals surface area (Å²) in [5.41, 5.74) is 0.318. The van der Waals surface area contributed by atoms with Gasteiger partial charge >= 0.3 is 0 Å². The predicted molar refractivity (Wildman–Crippen MR) is 48.9 cm³/mol. The molecule has 1 heteroatoms. The van der Waals surface area contributed by atoms with Crippen molar-refractivity contribution in [1.82, 2.24) is 0 Å². The van der Waals surface area contributed by atoms with Crippen LogP contribution in [0, 0.1) is 10.8 Å². The van der Waals surface area contributed by atoms with E-state index in [1.807, 2.05) is 0 Å². The second-order valence-corrected chi connectivity index (χ2v) is 4.60. The Bertz CT molecular complexity index is 187. The molecule has 0 aliphatic heterocycles. The van der Waals surface area contributed by atoms with Crippen LogP contribution in [0.5, 0.6) is 0 Å². The maximum absolute atomic E-state index is 12.1. The van der Waals surface area contributed by atoms with Crippen molar-refractivity contribution in [3.05, 3.63) is 0 Å². The molecule has 0 heterocycles. The molecule has 2 aliphatic rings. The topological polar surface area (TPSA) is 17.1 Å². The molecular weight excluding hydrogens is 148 g/mol. The number of hydrogen-bond donors (Lipinski definition) is 0. The Kier molecular flexibility index (Phi) is 1.61. The average molecular weight is 166 g/mol. The molecule has 2 fully saturated rings. The maximum atomic E-state index is 12.1. The predicted octanol–water partition coefficient (Wildman–Crippen LogP) is 2.94. The van der Waals surface area contributed by atoms with Gasteiger partial charge in [0.2, 0.25) is 0 Å². The van der Waals surface area contributed by atoms with Crippen molar-refractivity contribution in [3.63, 3.8) is 0 Å². The zero-order valence-corrected chi connectivity index (χ0v) is 8.15. The van der Waals surface area contributed by atoms with E-state index < -0.39 is 0 Å². The molecule has 0 spiro atoms. The second-order valence-electron chi connectivity index (χ2n) is 4.60. The van der Waals surface area contributed by atoms with Crippen molar-refractivity contribution in [2.45, 2.75) is 52.4 Å². The minimum atomic E-state index is 0.159. The van der Waals surface area contributed by atoms with E-state index in [9.17, 15) is 4.79 Å². The summed E-state index contributed by atoms with van der Waals surface area (Å²) in [4.78, 5) is 12.1. The van der Waals surface area contributed by atoms with Gasteiger partial charge in [-0.1, -0.05) is 13.8 Å². The molecule has 12 heavy (non-hydrogen) atoms. The van der Waals surface area contributed by atoms with Crippen molar-refractivity contribution in [3.8, 4) is 0 Å². The Balaban J connectivity index is 2.10. The molecule has 0 bridgehead atoms. The zero-order chi connectivity index (χ0) is 8.82. The van der Waals surface area contributed by atoms with E-state index in [4.69, 9.17) is 0 Å². The van der Waals surface area contributed by atoms with Gasteiger partial charge in [0.25, 0.3) is 0 Å². The number of hydrogen-bond acceptors (Lipinski definition) is 1. The minimum Gasteiger partial charge on any atom is -0.298 e. The van der Waals surface area contributed by atoms with Crippen LogP contribution in [0.1, 0.15) is 52.4 Å².